The SMILES string of the molecule is CC(C)(C)OC(=O)N1CC(O)C[C@H]1[C@@]1(c2ccccc2)Cc2c(cc(F)c(Cl)c2B2OC(C)(C)C(C)(C)O2)O1. The van der Waals surface area contributed by atoms with Gasteiger partial charge in [-0.1, -0.05) is 41.9 Å². The Kier molecular flexibility index (Phi) is 6.78. The summed E-state index contributed by atoms with van der Waals surface area (Å²) in [4.78, 5) is 14.9. The lowest BCUT2D eigenvalue weighted by Crippen LogP contribution is -2.53. The minimum atomic E-state index is -1.15. The number of amides is 1. The molecule has 7 nitrogen and oxygen atoms in total. The van der Waals surface area contributed by atoms with Crippen molar-refractivity contribution in [1.82, 2.24) is 4.90 Å². The molecule has 5 rings (SSSR count). The highest BCUT2D eigenvalue weighted by Gasteiger charge is 2.58. The van der Waals surface area contributed by atoms with Gasteiger partial charge in [0.15, 0.2) is 5.60 Å². The normalized spacial score (nSPS) is 27.4. The Morgan fingerprint density at radius 3 is 2.36 bits per heavy atom. The van der Waals surface area contributed by atoms with Crippen LogP contribution in [0.15, 0.2) is 36.4 Å². The van der Waals surface area contributed by atoms with Crippen molar-refractivity contribution in [2.75, 3.05) is 6.54 Å². The van der Waals surface area contributed by atoms with Crippen molar-refractivity contribution >= 4 is 30.3 Å². The number of β-amino-alcohol motifs (C(OH)–C–C–N with tert-alkyl or cyclic N) is 1. The number of rotatable bonds is 3. The van der Waals surface area contributed by atoms with Gasteiger partial charge in [-0.2, -0.15) is 0 Å². The molecule has 3 aliphatic rings. The summed E-state index contributed by atoms with van der Waals surface area (Å²) >= 11 is 6.60. The second-order valence-electron chi connectivity index (χ2n) is 12.7. The standard InChI is InChI=1S/C29H36BClFNO6/c1-26(2,3)37-25(35)33-16-18(34)13-22(33)29(17-11-9-8-10-12-17)15-19-21(36-29)14-20(32)24(31)23(19)30-38-27(4,5)28(6,7)39-30/h8-12,14,18,22,34H,13,15-16H2,1-7H3/t18?,22-,29-/m0/s1. The Hall–Kier alpha value is -2.33. The van der Waals surface area contributed by atoms with E-state index < -0.39 is 53.6 Å². The van der Waals surface area contributed by atoms with Crippen LogP contribution in [0.1, 0.15) is 66.0 Å². The monoisotopic (exact) mass is 559 g/mol. The Bertz CT molecular complexity index is 1270. The average Bonchev–Trinajstić information content (AvgIpc) is 3.46. The third-order valence-electron chi connectivity index (χ3n) is 8.25. The number of fused-ring (bicyclic) bond motifs is 1. The topological polar surface area (TPSA) is 77.5 Å². The van der Waals surface area contributed by atoms with Gasteiger partial charge < -0.3 is 23.9 Å². The first-order chi connectivity index (χ1) is 18.0. The van der Waals surface area contributed by atoms with Crippen molar-refractivity contribution in [3.63, 3.8) is 0 Å². The van der Waals surface area contributed by atoms with Crippen LogP contribution >= 0.6 is 11.6 Å². The second-order valence-corrected chi connectivity index (χ2v) is 13.1. The molecule has 0 spiro atoms. The highest BCUT2D eigenvalue weighted by Crippen LogP contribution is 2.49. The zero-order valence-corrected chi connectivity index (χ0v) is 24.3. The first-order valence-electron chi connectivity index (χ1n) is 13.3. The summed E-state index contributed by atoms with van der Waals surface area (Å²) in [6, 6.07) is 10.2. The van der Waals surface area contributed by atoms with Gasteiger partial charge >= 0.3 is 13.2 Å². The minimum Gasteiger partial charge on any atom is -0.480 e. The van der Waals surface area contributed by atoms with Crippen molar-refractivity contribution in [2.24, 2.45) is 0 Å². The van der Waals surface area contributed by atoms with Gasteiger partial charge in [0.05, 0.1) is 34.9 Å². The molecule has 3 aliphatic heterocycles. The quantitative estimate of drug-likeness (QED) is 0.535. The number of ether oxygens (including phenoxy) is 2. The maximum atomic E-state index is 15.3. The highest BCUT2D eigenvalue weighted by molar-refractivity contribution is 6.66. The number of nitrogens with zero attached hydrogens (tertiary/aromatic N) is 1. The Balaban J connectivity index is 1.63. The first kappa shape index (κ1) is 28.2. The number of carbonyl (C=O) groups is 1. The van der Waals surface area contributed by atoms with E-state index in [1.54, 1.807) is 20.8 Å². The molecule has 1 unspecified atom stereocenters. The number of halogens is 2. The van der Waals surface area contributed by atoms with E-state index >= 15 is 4.39 Å². The molecule has 0 saturated carbocycles. The number of likely N-dealkylation sites (tertiary alicyclic amines) is 1. The summed E-state index contributed by atoms with van der Waals surface area (Å²) in [6.07, 6.45) is -0.820. The lowest BCUT2D eigenvalue weighted by atomic mass is 9.72. The van der Waals surface area contributed by atoms with Crippen molar-refractivity contribution in [3.8, 4) is 5.75 Å². The van der Waals surface area contributed by atoms with Gasteiger partial charge in [0, 0.05) is 23.5 Å². The fraction of sp³-hybridized carbons (Fsp3) is 0.552. The van der Waals surface area contributed by atoms with E-state index in [4.69, 9.17) is 30.4 Å². The zero-order chi connectivity index (χ0) is 28.5. The minimum absolute atomic E-state index is 0.0878. The van der Waals surface area contributed by atoms with Crippen LogP contribution < -0.4 is 10.2 Å². The molecule has 1 N–H and O–H groups in total. The largest absolute Gasteiger partial charge is 0.496 e. The molecule has 0 radical (unpaired) electrons. The van der Waals surface area contributed by atoms with Gasteiger partial charge in [-0.05, 0) is 60.5 Å². The maximum Gasteiger partial charge on any atom is 0.496 e. The smallest absolute Gasteiger partial charge is 0.480 e. The van der Waals surface area contributed by atoms with E-state index in [1.807, 2.05) is 58.0 Å². The number of carbonyl (C=O) groups excluding carboxylic acids is 1. The van der Waals surface area contributed by atoms with Crippen LogP contribution in [-0.4, -0.2) is 58.7 Å². The van der Waals surface area contributed by atoms with Gasteiger partial charge in [-0.25, -0.2) is 9.18 Å². The van der Waals surface area contributed by atoms with Crippen molar-refractivity contribution in [2.45, 2.75) is 95.9 Å². The molecule has 3 atom stereocenters. The molecule has 210 valence electrons. The Labute approximate surface area is 234 Å². The summed E-state index contributed by atoms with van der Waals surface area (Å²) in [6.45, 7) is 13.2. The molecule has 2 aromatic rings. The van der Waals surface area contributed by atoms with Crippen molar-refractivity contribution < 1.29 is 33.1 Å². The highest BCUT2D eigenvalue weighted by atomic mass is 35.5. The van der Waals surface area contributed by atoms with Gasteiger partial charge in [0.1, 0.15) is 17.2 Å². The second kappa shape index (κ2) is 9.37. The number of hydrogen-bond donors (Lipinski definition) is 1. The average molecular weight is 560 g/mol. The van der Waals surface area contributed by atoms with Gasteiger partial charge in [0.25, 0.3) is 0 Å². The zero-order valence-electron chi connectivity index (χ0n) is 23.5. The van der Waals surface area contributed by atoms with Crippen molar-refractivity contribution in [3.05, 3.63) is 58.4 Å². The fourth-order valence-corrected chi connectivity index (χ4v) is 5.93. The molecule has 10 heteroatoms. The molecule has 2 saturated heterocycles. The molecule has 0 bridgehead atoms. The van der Waals surface area contributed by atoms with Gasteiger partial charge in [-0.3, -0.25) is 4.90 Å². The van der Waals surface area contributed by atoms with Crippen LogP contribution in [-0.2, 0) is 26.1 Å². The molecule has 1 amide bonds. The molecule has 0 aliphatic carbocycles. The first-order valence-corrected chi connectivity index (χ1v) is 13.7. The molecule has 3 heterocycles. The lowest BCUT2D eigenvalue weighted by molar-refractivity contribution is -0.0216. The Morgan fingerprint density at radius 2 is 1.77 bits per heavy atom. The third-order valence-corrected chi connectivity index (χ3v) is 8.64. The van der Waals surface area contributed by atoms with E-state index in [1.165, 1.54) is 11.0 Å². The third kappa shape index (κ3) is 4.81. The fourth-order valence-electron chi connectivity index (χ4n) is 5.67. The summed E-state index contributed by atoms with van der Waals surface area (Å²) in [5.41, 5.74) is -1.40. The molecule has 2 fully saturated rings. The molecule has 39 heavy (non-hydrogen) atoms. The molecular weight excluding hydrogens is 524 g/mol. The van der Waals surface area contributed by atoms with Crippen molar-refractivity contribution in [1.29, 1.82) is 0 Å². The summed E-state index contributed by atoms with van der Waals surface area (Å²) in [7, 11) is -0.918. The molecule has 0 aromatic heterocycles. The van der Waals surface area contributed by atoms with Crippen LogP contribution in [0.5, 0.6) is 5.75 Å². The number of benzene rings is 2. The molecule has 2 aromatic carbocycles. The molecular formula is C29H36BClFNO6. The summed E-state index contributed by atoms with van der Waals surface area (Å²) in [5.74, 6) is -0.351. The van der Waals surface area contributed by atoms with Crippen LogP contribution in [0, 0.1) is 5.82 Å². The predicted molar refractivity (Wildman–Crippen MR) is 147 cm³/mol. The van der Waals surface area contributed by atoms with Crippen LogP contribution in [0.25, 0.3) is 0 Å². The van der Waals surface area contributed by atoms with Gasteiger partial charge in [-0.15, -0.1) is 0 Å². The van der Waals surface area contributed by atoms with Gasteiger partial charge in [0.2, 0.25) is 0 Å². The van der Waals surface area contributed by atoms with E-state index in [0.717, 1.165) is 5.56 Å². The number of aliphatic hydroxyl groups is 1. The van der Waals surface area contributed by atoms with Crippen LogP contribution in [0.4, 0.5) is 9.18 Å². The summed E-state index contributed by atoms with van der Waals surface area (Å²) < 4.78 is 40.3. The predicted octanol–water partition coefficient (Wildman–Crippen LogP) is 4.98. The number of hydrogen-bond acceptors (Lipinski definition) is 6. The van der Waals surface area contributed by atoms with E-state index in [9.17, 15) is 9.90 Å². The lowest BCUT2D eigenvalue weighted by Gasteiger charge is -2.40. The summed E-state index contributed by atoms with van der Waals surface area (Å²) in [5, 5.41) is 10.7. The van der Waals surface area contributed by atoms with Crippen LogP contribution in [0.2, 0.25) is 5.02 Å². The maximum absolute atomic E-state index is 15.3. The van der Waals surface area contributed by atoms with E-state index in [-0.39, 0.29) is 24.4 Å². The van der Waals surface area contributed by atoms with E-state index in [0.29, 0.717) is 16.8 Å². The number of aliphatic hydroxyl groups excluding tert-OH is 1. The Morgan fingerprint density at radius 1 is 1.15 bits per heavy atom. The van der Waals surface area contributed by atoms with Crippen LogP contribution in [0.3, 0.4) is 0 Å². The van der Waals surface area contributed by atoms with E-state index in [2.05, 4.69) is 0 Å².